The maximum Gasteiger partial charge on any atom is 0.305 e. The van der Waals surface area contributed by atoms with Crippen molar-refractivity contribution in [2.75, 3.05) is 19.6 Å². The third-order valence-electron chi connectivity index (χ3n) is 5.93. The molecule has 0 spiro atoms. The first kappa shape index (κ1) is 25.1. The van der Waals surface area contributed by atoms with E-state index >= 15 is 0 Å². The summed E-state index contributed by atoms with van der Waals surface area (Å²) in [5.74, 6) is -2.28. The van der Waals surface area contributed by atoms with E-state index < -0.39 is 5.79 Å². The topological polar surface area (TPSA) is 118 Å². The SMILES string of the molecule is O=c1[nH]c2c(O)ccc(C(O)(O)CNCCc3cccc(CNCCCc4ccccc4)c3)c2s1. The summed E-state index contributed by atoms with van der Waals surface area (Å²) in [5, 5.41) is 37.8. The molecule has 0 aliphatic carbocycles. The van der Waals surface area contributed by atoms with Crippen LogP contribution in [-0.4, -0.2) is 39.9 Å². The van der Waals surface area contributed by atoms with Gasteiger partial charge in [-0.1, -0.05) is 65.9 Å². The molecule has 0 amide bonds. The summed E-state index contributed by atoms with van der Waals surface area (Å²) in [7, 11) is 0. The molecule has 0 atom stereocenters. The summed E-state index contributed by atoms with van der Waals surface area (Å²) in [6, 6.07) is 21.6. The molecule has 35 heavy (non-hydrogen) atoms. The van der Waals surface area contributed by atoms with Gasteiger partial charge in [-0.05, 0) is 61.2 Å². The van der Waals surface area contributed by atoms with E-state index in [-0.39, 0.29) is 28.2 Å². The number of aliphatic hydroxyl groups is 2. The van der Waals surface area contributed by atoms with Gasteiger partial charge in [-0.3, -0.25) is 4.79 Å². The van der Waals surface area contributed by atoms with Crippen LogP contribution in [0.25, 0.3) is 10.2 Å². The molecule has 0 bridgehead atoms. The van der Waals surface area contributed by atoms with Gasteiger partial charge in [0.05, 0.1) is 11.2 Å². The van der Waals surface area contributed by atoms with Gasteiger partial charge in [-0.15, -0.1) is 0 Å². The number of thiazole rings is 1. The number of benzene rings is 3. The number of aromatic nitrogens is 1. The Balaban J connectivity index is 1.23. The van der Waals surface area contributed by atoms with Gasteiger partial charge in [0.15, 0.2) is 0 Å². The average Bonchev–Trinajstić information content (AvgIpc) is 3.25. The van der Waals surface area contributed by atoms with Crippen LogP contribution in [0.5, 0.6) is 5.75 Å². The van der Waals surface area contributed by atoms with Gasteiger partial charge in [-0.2, -0.15) is 0 Å². The highest BCUT2D eigenvalue weighted by atomic mass is 32.1. The van der Waals surface area contributed by atoms with E-state index in [2.05, 4.69) is 58.1 Å². The smallest absolute Gasteiger partial charge is 0.305 e. The molecule has 0 fully saturated rings. The third kappa shape index (κ3) is 6.78. The zero-order valence-electron chi connectivity index (χ0n) is 19.5. The molecule has 4 rings (SSSR count). The fraction of sp³-hybridized carbons (Fsp3) is 0.296. The number of hydrogen-bond donors (Lipinski definition) is 6. The van der Waals surface area contributed by atoms with Crippen LogP contribution in [-0.2, 0) is 25.2 Å². The number of aryl methyl sites for hydroxylation is 1. The van der Waals surface area contributed by atoms with E-state index in [4.69, 9.17) is 0 Å². The zero-order valence-corrected chi connectivity index (χ0v) is 20.3. The Morgan fingerprint density at radius 1 is 0.857 bits per heavy atom. The van der Waals surface area contributed by atoms with Crippen molar-refractivity contribution in [2.24, 2.45) is 0 Å². The number of aromatic hydroxyl groups is 1. The molecule has 0 saturated carbocycles. The lowest BCUT2D eigenvalue weighted by Gasteiger charge is -2.23. The number of fused-ring (bicyclic) bond motifs is 1. The van der Waals surface area contributed by atoms with Crippen LogP contribution in [0.15, 0.2) is 71.5 Å². The Labute approximate surface area is 208 Å². The lowest BCUT2D eigenvalue weighted by molar-refractivity contribution is -0.164. The Morgan fingerprint density at radius 2 is 1.63 bits per heavy atom. The summed E-state index contributed by atoms with van der Waals surface area (Å²) in [5.41, 5.74) is 4.14. The molecule has 4 aromatic rings. The Morgan fingerprint density at radius 3 is 2.46 bits per heavy atom. The van der Waals surface area contributed by atoms with Crippen molar-refractivity contribution in [2.45, 2.75) is 31.6 Å². The van der Waals surface area contributed by atoms with Crippen molar-refractivity contribution in [3.8, 4) is 5.75 Å². The summed E-state index contributed by atoms with van der Waals surface area (Å²) >= 11 is 0.841. The molecular formula is C27H31N3O4S. The molecule has 0 radical (unpaired) electrons. The quantitative estimate of drug-likeness (QED) is 0.133. The molecule has 7 nitrogen and oxygen atoms in total. The van der Waals surface area contributed by atoms with Crippen LogP contribution in [0.3, 0.4) is 0 Å². The van der Waals surface area contributed by atoms with Crippen molar-refractivity contribution in [3.05, 3.63) is 98.7 Å². The molecule has 0 unspecified atom stereocenters. The van der Waals surface area contributed by atoms with E-state index in [1.165, 1.54) is 28.8 Å². The fourth-order valence-electron chi connectivity index (χ4n) is 4.12. The molecule has 184 valence electrons. The number of rotatable bonds is 12. The molecule has 0 saturated heterocycles. The van der Waals surface area contributed by atoms with E-state index in [0.717, 1.165) is 43.7 Å². The second kappa shape index (κ2) is 11.6. The van der Waals surface area contributed by atoms with Crippen molar-refractivity contribution in [1.82, 2.24) is 15.6 Å². The minimum Gasteiger partial charge on any atom is -0.506 e. The average molecular weight is 494 g/mol. The van der Waals surface area contributed by atoms with Gasteiger partial charge in [-0.25, -0.2) is 0 Å². The van der Waals surface area contributed by atoms with Crippen molar-refractivity contribution in [3.63, 3.8) is 0 Å². The van der Waals surface area contributed by atoms with E-state index in [1.54, 1.807) is 0 Å². The Hall–Kier alpha value is -3.01. The van der Waals surface area contributed by atoms with Crippen molar-refractivity contribution < 1.29 is 15.3 Å². The maximum absolute atomic E-state index is 11.7. The normalized spacial score (nSPS) is 11.8. The number of H-pyrrole nitrogens is 1. The van der Waals surface area contributed by atoms with Crippen LogP contribution in [0.4, 0.5) is 0 Å². The highest BCUT2D eigenvalue weighted by Gasteiger charge is 2.29. The minimum atomic E-state index is -2.18. The first-order valence-corrected chi connectivity index (χ1v) is 12.6. The standard InChI is InChI=1S/C27H31N3O4S/c31-23-12-11-22(25-24(23)30-26(32)35-25)27(33,34)18-29-15-13-20-8-4-9-21(16-20)17-28-14-5-10-19-6-2-1-3-7-19/h1-4,6-9,11-12,16,28-29,31,33-34H,5,10,13-15,17-18H2,(H,30,32). The van der Waals surface area contributed by atoms with E-state index in [9.17, 15) is 20.1 Å². The van der Waals surface area contributed by atoms with Crippen molar-refractivity contribution >= 4 is 21.6 Å². The predicted octanol–water partition coefficient (Wildman–Crippen LogP) is 2.99. The van der Waals surface area contributed by atoms with Crippen LogP contribution in [0.1, 0.15) is 28.7 Å². The fourth-order valence-corrected chi connectivity index (χ4v) is 5.05. The predicted molar refractivity (Wildman–Crippen MR) is 140 cm³/mol. The Kier molecular flexibility index (Phi) is 8.33. The van der Waals surface area contributed by atoms with Crippen LogP contribution < -0.4 is 15.5 Å². The highest BCUT2D eigenvalue weighted by Crippen LogP contribution is 2.32. The summed E-state index contributed by atoms with van der Waals surface area (Å²) in [6.07, 6.45) is 2.89. The third-order valence-corrected chi connectivity index (χ3v) is 6.85. The van der Waals surface area contributed by atoms with Crippen LogP contribution >= 0.6 is 11.3 Å². The zero-order chi connectivity index (χ0) is 24.7. The molecule has 3 aromatic carbocycles. The second-order valence-corrected chi connectivity index (χ2v) is 9.66. The molecule has 1 heterocycles. The van der Waals surface area contributed by atoms with E-state index in [0.29, 0.717) is 11.2 Å². The van der Waals surface area contributed by atoms with E-state index in [1.807, 2.05) is 12.1 Å². The lowest BCUT2D eigenvalue weighted by Crippen LogP contribution is -2.38. The maximum atomic E-state index is 11.7. The van der Waals surface area contributed by atoms with Gasteiger partial charge in [0, 0.05) is 12.1 Å². The summed E-state index contributed by atoms with van der Waals surface area (Å²) < 4.78 is 0.339. The number of nitrogens with one attached hydrogen (secondary N) is 3. The largest absolute Gasteiger partial charge is 0.506 e. The van der Waals surface area contributed by atoms with Gasteiger partial charge < -0.3 is 30.9 Å². The lowest BCUT2D eigenvalue weighted by atomic mass is 10.0. The highest BCUT2D eigenvalue weighted by molar-refractivity contribution is 7.16. The van der Waals surface area contributed by atoms with Crippen LogP contribution in [0, 0.1) is 0 Å². The first-order chi connectivity index (χ1) is 16.9. The first-order valence-electron chi connectivity index (χ1n) is 11.8. The number of phenols is 1. The number of aromatic amines is 1. The van der Waals surface area contributed by atoms with Gasteiger partial charge in [0.25, 0.3) is 0 Å². The second-order valence-electron chi connectivity index (χ2n) is 8.68. The monoisotopic (exact) mass is 493 g/mol. The molecule has 6 N–H and O–H groups in total. The Bertz CT molecular complexity index is 1300. The molecule has 0 aliphatic rings. The van der Waals surface area contributed by atoms with Gasteiger partial charge in [0.1, 0.15) is 11.3 Å². The minimum absolute atomic E-state index is 0.101. The van der Waals surface area contributed by atoms with Crippen molar-refractivity contribution in [1.29, 1.82) is 0 Å². The summed E-state index contributed by atoms with van der Waals surface area (Å²) in [4.78, 5) is 13.9. The van der Waals surface area contributed by atoms with Gasteiger partial charge in [0.2, 0.25) is 5.79 Å². The molecular weight excluding hydrogens is 462 g/mol. The number of hydrogen-bond acceptors (Lipinski definition) is 7. The van der Waals surface area contributed by atoms with Crippen LogP contribution in [0.2, 0.25) is 0 Å². The molecule has 1 aromatic heterocycles. The molecule has 8 heteroatoms. The van der Waals surface area contributed by atoms with Gasteiger partial charge >= 0.3 is 4.87 Å². The molecule has 0 aliphatic heterocycles. The summed E-state index contributed by atoms with van der Waals surface area (Å²) in [6.45, 7) is 2.21. The number of phenolic OH excluding ortho intramolecular Hbond substituents is 1.